The summed E-state index contributed by atoms with van der Waals surface area (Å²) in [6.45, 7) is 0. The van der Waals surface area contributed by atoms with Gasteiger partial charge in [0.25, 0.3) is 0 Å². The predicted molar refractivity (Wildman–Crippen MR) is 67.5 cm³/mol. The first kappa shape index (κ1) is 17.3. The molecule has 0 radical (unpaired) electrons. The van der Waals surface area contributed by atoms with Gasteiger partial charge in [0.2, 0.25) is 0 Å². The van der Waals surface area contributed by atoms with Crippen LogP contribution < -0.4 is 15.2 Å². The number of halogens is 5. The average Bonchev–Trinajstić information content (AvgIpc) is 2.26. The molecule has 0 aromatic heterocycles. The molecule has 0 aliphatic carbocycles. The Morgan fingerprint density at radius 2 is 1.67 bits per heavy atom. The van der Waals surface area contributed by atoms with Crippen molar-refractivity contribution < 1.29 is 22.6 Å². The van der Waals surface area contributed by atoms with E-state index in [1.54, 1.807) is 0 Å². The van der Waals surface area contributed by atoms with Gasteiger partial charge in [0.1, 0.15) is 17.5 Å². The van der Waals surface area contributed by atoms with Crippen LogP contribution in [0.1, 0.15) is 11.6 Å². The van der Waals surface area contributed by atoms with Crippen LogP contribution in [0, 0.1) is 0 Å². The highest BCUT2D eigenvalue weighted by atomic mass is 79.9. The van der Waals surface area contributed by atoms with E-state index in [0.717, 1.165) is 0 Å². The summed E-state index contributed by atoms with van der Waals surface area (Å²) in [5.74, 6) is 0.322. The summed E-state index contributed by atoms with van der Waals surface area (Å²) in [6.07, 6.45) is -4.54. The Kier molecular flexibility index (Phi) is 6.25. The molecule has 0 heterocycles. The number of hydrogen-bond acceptors (Lipinski definition) is 3. The van der Waals surface area contributed by atoms with Crippen LogP contribution >= 0.6 is 28.3 Å². The lowest BCUT2D eigenvalue weighted by Crippen LogP contribution is -2.28. The fourth-order valence-corrected chi connectivity index (χ4v) is 1.79. The van der Waals surface area contributed by atoms with Crippen LogP contribution in [0.15, 0.2) is 16.6 Å². The van der Waals surface area contributed by atoms with Gasteiger partial charge in [-0.05, 0) is 28.1 Å². The molecule has 0 aliphatic heterocycles. The molecule has 1 aromatic rings. The van der Waals surface area contributed by atoms with Gasteiger partial charge < -0.3 is 15.2 Å². The highest BCUT2D eigenvalue weighted by molar-refractivity contribution is 9.10. The second kappa shape index (κ2) is 6.49. The van der Waals surface area contributed by atoms with Gasteiger partial charge in [-0.15, -0.1) is 12.4 Å². The molecule has 0 fully saturated rings. The van der Waals surface area contributed by atoms with Crippen molar-refractivity contribution in [3.05, 3.63) is 22.2 Å². The van der Waals surface area contributed by atoms with Gasteiger partial charge in [-0.2, -0.15) is 13.2 Å². The molecule has 2 N–H and O–H groups in total. The number of nitrogens with two attached hydrogens (primary N) is 1. The molecular formula is C10H12BrClF3NO2. The number of benzene rings is 1. The van der Waals surface area contributed by atoms with E-state index in [1.807, 2.05) is 0 Å². The van der Waals surface area contributed by atoms with E-state index in [1.165, 1.54) is 26.4 Å². The molecule has 3 nitrogen and oxygen atoms in total. The second-order valence-corrected chi connectivity index (χ2v) is 4.10. The zero-order valence-electron chi connectivity index (χ0n) is 9.55. The van der Waals surface area contributed by atoms with Gasteiger partial charge in [-0.1, -0.05) is 0 Å². The van der Waals surface area contributed by atoms with Crippen molar-refractivity contribution in [2.24, 2.45) is 5.73 Å². The van der Waals surface area contributed by atoms with Crippen molar-refractivity contribution >= 4 is 28.3 Å². The van der Waals surface area contributed by atoms with E-state index in [-0.39, 0.29) is 29.5 Å². The van der Waals surface area contributed by atoms with Crippen LogP contribution in [0.25, 0.3) is 0 Å². The lowest BCUT2D eigenvalue weighted by Gasteiger charge is -2.19. The fraction of sp³-hybridized carbons (Fsp3) is 0.400. The van der Waals surface area contributed by atoms with Gasteiger partial charge >= 0.3 is 6.18 Å². The van der Waals surface area contributed by atoms with Crippen LogP contribution in [0.5, 0.6) is 11.5 Å². The summed E-state index contributed by atoms with van der Waals surface area (Å²) >= 11 is 3.15. The molecule has 104 valence electrons. The van der Waals surface area contributed by atoms with Crippen LogP contribution in [-0.2, 0) is 0 Å². The molecule has 18 heavy (non-hydrogen) atoms. The van der Waals surface area contributed by atoms with Gasteiger partial charge in [-0.3, -0.25) is 0 Å². The van der Waals surface area contributed by atoms with Gasteiger partial charge in [0, 0.05) is 5.56 Å². The summed E-state index contributed by atoms with van der Waals surface area (Å²) in [5.41, 5.74) is 4.98. The Labute approximate surface area is 117 Å². The molecule has 0 bridgehead atoms. The fourth-order valence-electron chi connectivity index (χ4n) is 1.30. The third kappa shape index (κ3) is 3.66. The van der Waals surface area contributed by atoms with E-state index in [4.69, 9.17) is 15.2 Å². The summed E-state index contributed by atoms with van der Waals surface area (Å²) in [4.78, 5) is 0. The maximum atomic E-state index is 12.6. The van der Waals surface area contributed by atoms with E-state index in [9.17, 15) is 13.2 Å². The third-order valence-electron chi connectivity index (χ3n) is 2.19. The minimum Gasteiger partial charge on any atom is -0.496 e. The maximum absolute atomic E-state index is 12.6. The highest BCUT2D eigenvalue weighted by Crippen LogP contribution is 2.40. The van der Waals surface area contributed by atoms with Crippen molar-refractivity contribution in [2.75, 3.05) is 14.2 Å². The maximum Gasteiger partial charge on any atom is 0.407 e. The van der Waals surface area contributed by atoms with E-state index in [0.29, 0.717) is 4.47 Å². The minimum atomic E-state index is -4.54. The van der Waals surface area contributed by atoms with Crippen molar-refractivity contribution in [1.82, 2.24) is 0 Å². The van der Waals surface area contributed by atoms with Crippen LogP contribution in [-0.4, -0.2) is 20.4 Å². The van der Waals surface area contributed by atoms with Gasteiger partial charge in [-0.25, -0.2) is 0 Å². The highest BCUT2D eigenvalue weighted by Gasteiger charge is 2.39. The zero-order valence-corrected chi connectivity index (χ0v) is 11.9. The Morgan fingerprint density at radius 3 is 2.06 bits per heavy atom. The van der Waals surface area contributed by atoms with Crippen molar-refractivity contribution in [3.8, 4) is 11.5 Å². The first-order valence-corrected chi connectivity index (χ1v) is 5.34. The molecular weight excluding hydrogens is 338 g/mol. The van der Waals surface area contributed by atoms with Gasteiger partial charge in [0.15, 0.2) is 0 Å². The lowest BCUT2D eigenvalue weighted by atomic mass is 10.1. The van der Waals surface area contributed by atoms with E-state index in [2.05, 4.69) is 15.9 Å². The first-order valence-electron chi connectivity index (χ1n) is 4.55. The lowest BCUT2D eigenvalue weighted by molar-refractivity contribution is -0.149. The molecule has 0 amide bonds. The number of hydrogen-bond donors (Lipinski definition) is 1. The van der Waals surface area contributed by atoms with Crippen LogP contribution in [0.2, 0.25) is 0 Å². The number of rotatable bonds is 3. The molecule has 1 aromatic carbocycles. The molecule has 0 aliphatic rings. The molecule has 1 atom stereocenters. The monoisotopic (exact) mass is 349 g/mol. The van der Waals surface area contributed by atoms with Crippen molar-refractivity contribution in [2.45, 2.75) is 12.2 Å². The summed E-state index contributed by atoms with van der Waals surface area (Å²) in [7, 11) is 2.64. The first-order chi connectivity index (χ1) is 7.81. The topological polar surface area (TPSA) is 44.5 Å². The average molecular weight is 351 g/mol. The Bertz CT molecular complexity index is 415. The largest absolute Gasteiger partial charge is 0.496 e. The molecule has 0 saturated heterocycles. The quantitative estimate of drug-likeness (QED) is 0.908. The minimum absolute atomic E-state index is 0. The van der Waals surface area contributed by atoms with Gasteiger partial charge in [0.05, 0.1) is 18.7 Å². The molecule has 1 rings (SSSR count). The zero-order chi connectivity index (χ0) is 13.2. The van der Waals surface area contributed by atoms with Crippen LogP contribution in [0.4, 0.5) is 13.2 Å². The molecule has 0 unspecified atom stereocenters. The molecule has 8 heteroatoms. The predicted octanol–water partition coefficient (Wildman–Crippen LogP) is 3.45. The Balaban J connectivity index is 0.00000289. The van der Waals surface area contributed by atoms with Crippen molar-refractivity contribution in [1.29, 1.82) is 0 Å². The number of alkyl halides is 3. The second-order valence-electron chi connectivity index (χ2n) is 3.25. The Morgan fingerprint density at radius 1 is 1.17 bits per heavy atom. The van der Waals surface area contributed by atoms with E-state index < -0.39 is 12.2 Å². The normalized spacial score (nSPS) is 12.6. The van der Waals surface area contributed by atoms with Crippen LogP contribution in [0.3, 0.4) is 0 Å². The summed E-state index contributed by atoms with van der Waals surface area (Å²) in [5, 5.41) is 0. The molecule has 0 spiro atoms. The Hall–Kier alpha value is -0.660. The number of ether oxygens (including phenoxy) is 2. The summed E-state index contributed by atoms with van der Waals surface area (Å²) < 4.78 is 48.0. The number of methoxy groups -OCH3 is 2. The van der Waals surface area contributed by atoms with Crippen molar-refractivity contribution in [3.63, 3.8) is 0 Å². The molecule has 0 saturated carbocycles. The third-order valence-corrected chi connectivity index (χ3v) is 2.81. The van der Waals surface area contributed by atoms with E-state index >= 15 is 0 Å². The summed E-state index contributed by atoms with van der Waals surface area (Å²) in [6, 6.07) is 0.486. The smallest absolute Gasteiger partial charge is 0.407 e. The SMILES string of the molecule is COc1cc([C@H](N)C(F)(F)F)c(OC)cc1Br.Cl. The standard InChI is InChI=1S/C10H11BrF3NO2.ClH/c1-16-7-4-6(11)8(17-2)3-5(7)9(15)10(12,13)14;/h3-4,9H,15H2,1-2H3;1H/t9-;/m0./s1.